The molecule has 3 rings (SSSR count). The van der Waals surface area contributed by atoms with E-state index >= 15 is 0 Å². The van der Waals surface area contributed by atoms with Crippen molar-refractivity contribution in [2.75, 3.05) is 7.11 Å². The van der Waals surface area contributed by atoms with Gasteiger partial charge in [0.1, 0.15) is 11.8 Å². The summed E-state index contributed by atoms with van der Waals surface area (Å²) in [7, 11) is 0.751. The number of hydrogen-bond donors (Lipinski definition) is 0. The molecule has 0 spiro atoms. The number of fused-ring (bicyclic) bond motifs is 2. The Kier molecular flexibility index (Phi) is 3.81. The number of carbonyl (C=O) groups excluding carboxylic acids is 1. The van der Waals surface area contributed by atoms with Gasteiger partial charge in [0.2, 0.25) is 0 Å². The molecule has 1 aromatic rings. The van der Waals surface area contributed by atoms with Gasteiger partial charge in [-0.05, 0) is 43.9 Å². The molecule has 21 heavy (non-hydrogen) atoms. The molecule has 0 aliphatic carbocycles. The van der Waals surface area contributed by atoms with E-state index in [2.05, 4.69) is 0 Å². The van der Waals surface area contributed by atoms with Gasteiger partial charge in [-0.2, -0.15) is 5.26 Å². The predicted octanol–water partition coefficient (Wildman–Crippen LogP) is 2.44. The summed E-state index contributed by atoms with van der Waals surface area (Å²) in [5.74, 6) is 0.481. The van der Waals surface area contributed by atoms with E-state index in [1.807, 2.05) is 6.07 Å². The van der Waals surface area contributed by atoms with Gasteiger partial charge in [0.25, 0.3) is 0 Å². The zero-order valence-corrected chi connectivity index (χ0v) is 12.7. The van der Waals surface area contributed by atoms with Crippen molar-refractivity contribution >= 4 is 16.6 Å². The number of rotatable bonds is 3. The van der Waals surface area contributed by atoms with Crippen LogP contribution in [0.3, 0.4) is 0 Å². The summed E-state index contributed by atoms with van der Waals surface area (Å²) in [5, 5.41) is 9.37. The van der Waals surface area contributed by atoms with Gasteiger partial charge in [0.15, 0.2) is 5.78 Å². The van der Waals surface area contributed by atoms with Crippen molar-refractivity contribution in [2.45, 2.75) is 36.2 Å². The van der Waals surface area contributed by atoms with E-state index in [-0.39, 0.29) is 22.2 Å². The van der Waals surface area contributed by atoms with Gasteiger partial charge in [0.05, 0.1) is 12.7 Å². The molecule has 2 atom stereocenters. The molecule has 4 nitrogen and oxygen atoms in total. The molecular weight excluding hydrogens is 286 g/mol. The highest BCUT2D eigenvalue weighted by Crippen LogP contribution is 2.40. The minimum absolute atomic E-state index is 0.0437. The SMILES string of the molecule is COc1cc(C(=O)C2CC3CCC(C2)S3=O)ccc1C#N. The third-order valence-corrected chi connectivity index (χ3v) is 6.71. The summed E-state index contributed by atoms with van der Waals surface area (Å²) in [5.41, 5.74) is 1.02. The Bertz CT molecular complexity index is 633. The highest BCUT2D eigenvalue weighted by Gasteiger charge is 2.42. The molecule has 0 N–H and O–H groups in total. The molecule has 0 aromatic heterocycles. The molecule has 2 aliphatic rings. The predicted molar refractivity (Wildman–Crippen MR) is 79.7 cm³/mol. The maximum absolute atomic E-state index is 12.7. The topological polar surface area (TPSA) is 67.2 Å². The van der Waals surface area contributed by atoms with E-state index in [1.165, 1.54) is 7.11 Å². The molecule has 2 fully saturated rings. The molecule has 2 unspecified atom stereocenters. The van der Waals surface area contributed by atoms with Gasteiger partial charge < -0.3 is 4.74 Å². The Morgan fingerprint density at radius 3 is 2.57 bits per heavy atom. The van der Waals surface area contributed by atoms with E-state index in [1.54, 1.807) is 18.2 Å². The molecule has 5 heteroatoms. The third kappa shape index (κ3) is 2.49. The van der Waals surface area contributed by atoms with Crippen LogP contribution in [0.5, 0.6) is 5.75 Å². The minimum atomic E-state index is -0.743. The Balaban J connectivity index is 1.83. The van der Waals surface area contributed by atoms with Crippen molar-refractivity contribution in [2.24, 2.45) is 5.92 Å². The number of nitriles is 1. The fourth-order valence-electron chi connectivity index (χ4n) is 3.42. The number of benzene rings is 1. The third-order valence-electron chi connectivity index (χ3n) is 4.54. The number of hydrogen-bond acceptors (Lipinski definition) is 4. The summed E-state index contributed by atoms with van der Waals surface area (Å²) in [4.78, 5) is 12.7. The van der Waals surface area contributed by atoms with Crippen molar-refractivity contribution in [1.29, 1.82) is 5.26 Å². The molecule has 1 aromatic carbocycles. The smallest absolute Gasteiger partial charge is 0.166 e. The summed E-state index contributed by atoms with van der Waals surface area (Å²) in [6.45, 7) is 0. The minimum Gasteiger partial charge on any atom is -0.495 e. The fourth-order valence-corrected chi connectivity index (χ4v) is 5.54. The molecule has 110 valence electrons. The lowest BCUT2D eigenvalue weighted by Gasteiger charge is -2.26. The highest BCUT2D eigenvalue weighted by atomic mass is 32.2. The summed E-state index contributed by atoms with van der Waals surface area (Å²) < 4.78 is 17.2. The first kappa shape index (κ1) is 14.3. The lowest BCUT2D eigenvalue weighted by molar-refractivity contribution is 0.0906. The van der Waals surface area contributed by atoms with Crippen LogP contribution in [0, 0.1) is 17.2 Å². The maximum Gasteiger partial charge on any atom is 0.166 e. The van der Waals surface area contributed by atoms with Crippen molar-refractivity contribution in [3.63, 3.8) is 0 Å². The van der Waals surface area contributed by atoms with Gasteiger partial charge >= 0.3 is 0 Å². The first-order valence-electron chi connectivity index (χ1n) is 7.15. The summed E-state index contributed by atoms with van der Waals surface area (Å²) in [6.07, 6.45) is 3.42. The monoisotopic (exact) mass is 303 g/mol. The molecule has 2 bridgehead atoms. The second-order valence-corrected chi connectivity index (χ2v) is 7.70. The molecule has 2 heterocycles. The Morgan fingerprint density at radius 1 is 1.33 bits per heavy atom. The van der Waals surface area contributed by atoms with Crippen LogP contribution >= 0.6 is 0 Å². The van der Waals surface area contributed by atoms with Crippen LogP contribution < -0.4 is 4.74 Å². The second kappa shape index (κ2) is 5.61. The molecule has 0 radical (unpaired) electrons. The van der Waals surface area contributed by atoms with Gasteiger partial charge in [-0.1, -0.05) is 0 Å². The molecular formula is C16H17NO3S. The fraction of sp³-hybridized carbons (Fsp3) is 0.500. The zero-order chi connectivity index (χ0) is 15.0. The van der Waals surface area contributed by atoms with E-state index in [0.717, 1.165) is 25.7 Å². The lowest BCUT2D eigenvalue weighted by Crippen LogP contribution is -2.32. The number of nitrogens with zero attached hydrogens (tertiary/aromatic N) is 1. The first-order chi connectivity index (χ1) is 10.1. The van der Waals surface area contributed by atoms with Crippen LogP contribution in [-0.2, 0) is 10.8 Å². The van der Waals surface area contributed by atoms with Gasteiger partial charge in [0, 0.05) is 32.8 Å². The molecule has 2 saturated heterocycles. The Labute approximate surface area is 126 Å². The van der Waals surface area contributed by atoms with Crippen LogP contribution in [0.25, 0.3) is 0 Å². The van der Waals surface area contributed by atoms with E-state index in [4.69, 9.17) is 10.00 Å². The van der Waals surface area contributed by atoms with E-state index < -0.39 is 10.8 Å². The largest absolute Gasteiger partial charge is 0.495 e. The van der Waals surface area contributed by atoms with E-state index in [0.29, 0.717) is 16.9 Å². The normalized spacial score (nSPS) is 30.7. The van der Waals surface area contributed by atoms with Crippen LogP contribution in [0.4, 0.5) is 0 Å². The van der Waals surface area contributed by atoms with Crippen molar-refractivity contribution in [1.82, 2.24) is 0 Å². The average molecular weight is 303 g/mol. The number of carbonyl (C=O) groups is 1. The Morgan fingerprint density at radius 2 is 2.00 bits per heavy atom. The lowest BCUT2D eigenvalue weighted by atomic mass is 9.90. The Hall–Kier alpha value is -1.67. The molecule has 2 aliphatic heterocycles. The van der Waals surface area contributed by atoms with Crippen molar-refractivity contribution in [3.05, 3.63) is 29.3 Å². The zero-order valence-electron chi connectivity index (χ0n) is 11.9. The average Bonchev–Trinajstić information content (AvgIpc) is 2.75. The highest BCUT2D eigenvalue weighted by molar-refractivity contribution is 7.86. The summed E-state index contributed by atoms with van der Waals surface area (Å²) >= 11 is 0. The van der Waals surface area contributed by atoms with E-state index in [9.17, 15) is 9.00 Å². The number of ether oxygens (including phenoxy) is 1. The van der Waals surface area contributed by atoms with Crippen molar-refractivity contribution < 1.29 is 13.7 Å². The molecule has 0 amide bonds. The number of ketones is 1. The van der Waals surface area contributed by atoms with Gasteiger partial charge in [-0.15, -0.1) is 0 Å². The van der Waals surface area contributed by atoms with Crippen LogP contribution in [0.15, 0.2) is 18.2 Å². The number of methoxy groups -OCH3 is 1. The summed E-state index contributed by atoms with van der Waals surface area (Å²) in [6, 6.07) is 7.01. The van der Waals surface area contributed by atoms with Crippen LogP contribution in [0.1, 0.15) is 41.6 Å². The molecule has 0 saturated carbocycles. The van der Waals surface area contributed by atoms with Crippen LogP contribution in [0.2, 0.25) is 0 Å². The standard InChI is InChI=1S/C16H17NO3S/c1-20-15-8-10(2-3-11(15)9-17)16(18)12-6-13-4-5-14(7-12)21(13)19/h2-3,8,12-14H,4-7H2,1H3. The van der Waals surface area contributed by atoms with Crippen LogP contribution in [-0.4, -0.2) is 27.6 Å². The second-order valence-electron chi connectivity index (χ2n) is 5.71. The van der Waals surface area contributed by atoms with Gasteiger partial charge in [-0.25, -0.2) is 0 Å². The maximum atomic E-state index is 12.7. The number of Topliss-reactive ketones (excluding diaryl/α,β-unsaturated/α-hetero) is 1. The first-order valence-corrected chi connectivity index (χ1v) is 8.43. The van der Waals surface area contributed by atoms with Crippen molar-refractivity contribution in [3.8, 4) is 11.8 Å². The van der Waals surface area contributed by atoms with Gasteiger partial charge in [-0.3, -0.25) is 9.00 Å². The quantitative estimate of drug-likeness (QED) is 0.804.